The second-order valence-electron chi connectivity index (χ2n) is 2.60. The average Bonchev–Trinajstić information content (AvgIpc) is 2.10. The van der Waals surface area contributed by atoms with Gasteiger partial charge in [0.05, 0.1) is 12.2 Å². The smallest absolute Gasteiger partial charge is 0.371 e. The van der Waals surface area contributed by atoms with Crippen molar-refractivity contribution >= 4 is 11.9 Å². The molecular formula is C9H14O5. The third-order valence-electron chi connectivity index (χ3n) is 1.52. The van der Waals surface area contributed by atoms with Crippen LogP contribution in [-0.2, 0) is 14.3 Å². The number of hydrogen-bond acceptors (Lipinski definition) is 3. The van der Waals surface area contributed by atoms with Gasteiger partial charge in [-0.15, -0.1) is 0 Å². The Hall–Kier alpha value is -1.52. The van der Waals surface area contributed by atoms with Crippen molar-refractivity contribution in [2.24, 2.45) is 0 Å². The second-order valence-corrected chi connectivity index (χ2v) is 2.60. The predicted molar refractivity (Wildman–Crippen MR) is 48.8 cm³/mol. The molecular weight excluding hydrogens is 188 g/mol. The van der Waals surface area contributed by atoms with Gasteiger partial charge in [-0.3, -0.25) is 0 Å². The molecule has 0 bridgehead atoms. The molecule has 0 unspecified atom stereocenters. The summed E-state index contributed by atoms with van der Waals surface area (Å²) in [5, 5.41) is 17.5. The number of carboxylic acid groups (broad SMARTS) is 2. The first kappa shape index (κ1) is 12.5. The maximum atomic E-state index is 10.7. The molecule has 0 aromatic heterocycles. The van der Waals surface area contributed by atoms with E-state index in [1.54, 1.807) is 13.8 Å². The van der Waals surface area contributed by atoms with Crippen molar-refractivity contribution in [1.82, 2.24) is 0 Å². The van der Waals surface area contributed by atoms with Crippen molar-refractivity contribution in [3.8, 4) is 0 Å². The number of carboxylic acids is 2. The first-order valence-electron chi connectivity index (χ1n) is 4.37. The molecule has 0 aromatic carbocycles. The first-order valence-corrected chi connectivity index (χ1v) is 4.37. The lowest BCUT2D eigenvalue weighted by Crippen LogP contribution is -2.14. The van der Waals surface area contributed by atoms with Gasteiger partial charge in [0, 0.05) is 0 Å². The van der Waals surface area contributed by atoms with Crippen LogP contribution in [0.2, 0.25) is 0 Å². The molecule has 5 nitrogen and oxygen atoms in total. The van der Waals surface area contributed by atoms with Crippen molar-refractivity contribution in [2.75, 3.05) is 6.61 Å². The monoisotopic (exact) mass is 202 g/mol. The van der Waals surface area contributed by atoms with E-state index >= 15 is 0 Å². The Bertz CT molecular complexity index is 228. The molecule has 80 valence electrons. The van der Waals surface area contributed by atoms with Crippen molar-refractivity contribution in [2.45, 2.75) is 26.7 Å². The quantitative estimate of drug-likeness (QED) is 0.500. The van der Waals surface area contributed by atoms with Crippen LogP contribution in [0, 0.1) is 0 Å². The Morgan fingerprint density at radius 2 is 1.71 bits per heavy atom. The van der Waals surface area contributed by atoms with Crippen LogP contribution >= 0.6 is 0 Å². The third-order valence-corrected chi connectivity index (χ3v) is 1.52. The highest BCUT2D eigenvalue weighted by molar-refractivity contribution is 5.97. The van der Waals surface area contributed by atoms with E-state index in [2.05, 4.69) is 0 Å². The minimum atomic E-state index is -1.34. The number of carbonyl (C=O) groups is 2. The summed E-state index contributed by atoms with van der Waals surface area (Å²) < 4.78 is 4.78. The van der Waals surface area contributed by atoms with Gasteiger partial charge in [-0.25, -0.2) is 9.59 Å². The van der Waals surface area contributed by atoms with E-state index in [-0.39, 0.29) is 18.6 Å². The second kappa shape index (κ2) is 6.01. The van der Waals surface area contributed by atoms with Gasteiger partial charge in [-0.05, 0) is 13.3 Å². The number of rotatable bonds is 6. The van der Waals surface area contributed by atoms with Crippen LogP contribution in [0.1, 0.15) is 26.7 Å². The van der Waals surface area contributed by atoms with Crippen LogP contribution in [0.3, 0.4) is 0 Å². The van der Waals surface area contributed by atoms with Gasteiger partial charge in [0.2, 0.25) is 5.76 Å². The Balaban J connectivity index is 5.03. The van der Waals surface area contributed by atoms with E-state index in [1.807, 2.05) is 0 Å². The minimum absolute atomic E-state index is 0.141. The zero-order chi connectivity index (χ0) is 11.1. The Morgan fingerprint density at radius 1 is 1.14 bits per heavy atom. The van der Waals surface area contributed by atoms with Gasteiger partial charge in [0.15, 0.2) is 0 Å². The lowest BCUT2D eigenvalue weighted by Gasteiger charge is -2.07. The molecule has 0 aliphatic rings. The van der Waals surface area contributed by atoms with E-state index in [0.717, 1.165) is 0 Å². The van der Waals surface area contributed by atoms with Crippen LogP contribution in [0.5, 0.6) is 0 Å². The van der Waals surface area contributed by atoms with Crippen molar-refractivity contribution in [1.29, 1.82) is 0 Å². The molecule has 0 aromatic rings. The zero-order valence-electron chi connectivity index (χ0n) is 8.24. The van der Waals surface area contributed by atoms with Gasteiger partial charge < -0.3 is 14.9 Å². The van der Waals surface area contributed by atoms with Crippen LogP contribution in [-0.4, -0.2) is 28.8 Å². The lowest BCUT2D eigenvalue weighted by molar-refractivity contribution is -0.139. The topological polar surface area (TPSA) is 83.8 Å². The van der Waals surface area contributed by atoms with Crippen LogP contribution in [0.4, 0.5) is 0 Å². The maximum absolute atomic E-state index is 10.7. The molecule has 2 N–H and O–H groups in total. The molecule has 0 heterocycles. The standard InChI is InChI=1S/C9H14O5/c1-3-5-6(8(10)11)7(9(12)13)14-4-2/h3-5H2,1-2H3,(H,10,11)(H,12,13). The van der Waals surface area contributed by atoms with Crippen LogP contribution < -0.4 is 0 Å². The minimum Gasteiger partial charge on any atom is -0.486 e. The van der Waals surface area contributed by atoms with Crippen LogP contribution in [0.15, 0.2) is 11.3 Å². The van der Waals surface area contributed by atoms with Crippen molar-refractivity contribution in [3.63, 3.8) is 0 Å². The Labute approximate surface area is 82.0 Å². The molecule has 14 heavy (non-hydrogen) atoms. The van der Waals surface area contributed by atoms with Crippen molar-refractivity contribution < 1.29 is 24.5 Å². The molecule has 5 heteroatoms. The van der Waals surface area contributed by atoms with E-state index in [9.17, 15) is 9.59 Å². The lowest BCUT2D eigenvalue weighted by atomic mass is 10.1. The van der Waals surface area contributed by atoms with Gasteiger partial charge in [0.1, 0.15) is 0 Å². The summed E-state index contributed by atoms with van der Waals surface area (Å²) in [5.41, 5.74) is -0.179. The fourth-order valence-corrected chi connectivity index (χ4v) is 0.990. The summed E-state index contributed by atoms with van der Waals surface area (Å²) in [5.74, 6) is -3.03. The van der Waals surface area contributed by atoms with Crippen LogP contribution in [0.25, 0.3) is 0 Å². The highest BCUT2D eigenvalue weighted by atomic mass is 16.5. The molecule has 0 aliphatic heterocycles. The average molecular weight is 202 g/mol. The fourth-order valence-electron chi connectivity index (χ4n) is 0.990. The molecule has 0 saturated carbocycles. The summed E-state index contributed by atoms with van der Waals surface area (Å²) in [4.78, 5) is 21.4. The number of ether oxygens (including phenoxy) is 1. The fraction of sp³-hybridized carbons (Fsp3) is 0.556. The van der Waals surface area contributed by atoms with E-state index in [1.165, 1.54) is 0 Å². The van der Waals surface area contributed by atoms with E-state index in [0.29, 0.717) is 6.42 Å². The normalized spacial score (nSPS) is 11.9. The summed E-state index contributed by atoms with van der Waals surface area (Å²) in [6.07, 6.45) is 0.752. The summed E-state index contributed by atoms with van der Waals surface area (Å²) >= 11 is 0. The largest absolute Gasteiger partial charge is 0.486 e. The predicted octanol–water partition coefficient (Wildman–Crippen LogP) is 1.25. The Morgan fingerprint density at radius 3 is 2.00 bits per heavy atom. The van der Waals surface area contributed by atoms with Gasteiger partial charge in [-0.1, -0.05) is 13.3 Å². The van der Waals surface area contributed by atoms with E-state index < -0.39 is 17.7 Å². The summed E-state index contributed by atoms with van der Waals surface area (Å²) in [7, 11) is 0. The molecule has 0 amide bonds. The summed E-state index contributed by atoms with van der Waals surface area (Å²) in [6.45, 7) is 3.52. The number of hydrogen-bond donors (Lipinski definition) is 2. The maximum Gasteiger partial charge on any atom is 0.371 e. The Kier molecular flexibility index (Phi) is 5.36. The molecule has 0 fully saturated rings. The van der Waals surface area contributed by atoms with Crippen molar-refractivity contribution in [3.05, 3.63) is 11.3 Å². The SMILES string of the molecule is CCCC(C(=O)O)=C(OCC)C(=O)O. The molecule has 0 rings (SSSR count). The molecule has 0 saturated heterocycles. The van der Waals surface area contributed by atoms with E-state index in [4.69, 9.17) is 14.9 Å². The van der Waals surface area contributed by atoms with Gasteiger partial charge >= 0.3 is 11.9 Å². The van der Waals surface area contributed by atoms with Gasteiger partial charge in [-0.2, -0.15) is 0 Å². The molecule has 0 radical (unpaired) electrons. The molecule has 0 atom stereocenters. The highest BCUT2D eigenvalue weighted by Crippen LogP contribution is 2.13. The zero-order valence-corrected chi connectivity index (χ0v) is 8.24. The molecule has 0 spiro atoms. The molecule has 0 aliphatic carbocycles. The summed E-state index contributed by atoms with van der Waals surface area (Å²) in [6, 6.07) is 0. The first-order chi connectivity index (χ1) is 6.54. The number of aliphatic carboxylic acids is 2. The third kappa shape index (κ3) is 3.47. The highest BCUT2D eigenvalue weighted by Gasteiger charge is 2.20. The van der Waals surface area contributed by atoms with Gasteiger partial charge in [0.25, 0.3) is 0 Å².